The topological polar surface area (TPSA) is 68.5 Å². The quantitative estimate of drug-likeness (QED) is 0.888. The van der Waals surface area contributed by atoms with E-state index in [0.717, 1.165) is 0 Å². The molecule has 6 heteroatoms. The van der Waals surface area contributed by atoms with Crippen LogP contribution in [0.15, 0.2) is 45.7 Å². The summed E-state index contributed by atoms with van der Waals surface area (Å²) in [6.45, 7) is 3.75. The van der Waals surface area contributed by atoms with Gasteiger partial charge in [-0.05, 0) is 50.2 Å². The monoisotopic (exact) mass is 321 g/mol. The lowest BCUT2D eigenvalue weighted by molar-refractivity contribution is 0.0913. The second-order valence-corrected chi connectivity index (χ2v) is 6.51. The molecule has 0 aliphatic carbocycles. The molecule has 0 bridgehead atoms. The molecule has 1 aromatic heterocycles. The second-order valence-electron chi connectivity index (χ2n) is 5.06. The highest BCUT2D eigenvalue weighted by Gasteiger charge is 2.14. The van der Waals surface area contributed by atoms with Crippen molar-refractivity contribution < 1.29 is 18.2 Å². The average Bonchev–Trinajstić information content (AvgIpc) is 2.95. The van der Waals surface area contributed by atoms with E-state index < -0.39 is 10.8 Å². The van der Waals surface area contributed by atoms with E-state index in [-0.39, 0.29) is 23.5 Å². The van der Waals surface area contributed by atoms with Crippen molar-refractivity contribution >= 4 is 16.7 Å². The third kappa shape index (κ3) is 4.21. The fourth-order valence-corrected chi connectivity index (χ4v) is 2.87. The zero-order valence-corrected chi connectivity index (χ0v) is 13.6. The molecule has 0 spiro atoms. The maximum Gasteiger partial charge on any atom is 0.287 e. The maximum absolute atomic E-state index is 12.3. The van der Waals surface area contributed by atoms with Crippen molar-refractivity contribution in [3.63, 3.8) is 0 Å². The van der Waals surface area contributed by atoms with Crippen molar-refractivity contribution in [1.82, 2.24) is 5.32 Å². The van der Waals surface area contributed by atoms with Gasteiger partial charge in [0.1, 0.15) is 11.5 Å². The zero-order chi connectivity index (χ0) is 16.1. The van der Waals surface area contributed by atoms with Crippen molar-refractivity contribution in [3.8, 4) is 5.75 Å². The Morgan fingerprint density at radius 1 is 1.23 bits per heavy atom. The molecule has 1 aromatic carbocycles. The van der Waals surface area contributed by atoms with Crippen molar-refractivity contribution in [2.24, 2.45) is 0 Å². The van der Waals surface area contributed by atoms with Crippen LogP contribution in [0.2, 0.25) is 0 Å². The largest absolute Gasteiger partial charge is 0.497 e. The number of hydrogen-bond acceptors (Lipinski definition) is 4. The molecule has 0 radical (unpaired) electrons. The number of carbonyl (C=O) groups excluding carboxylic acids is 1. The molecule has 0 saturated carbocycles. The van der Waals surface area contributed by atoms with Gasteiger partial charge < -0.3 is 14.5 Å². The van der Waals surface area contributed by atoms with Crippen LogP contribution in [0.3, 0.4) is 0 Å². The summed E-state index contributed by atoms with van der Waals surface area (Å²) in [6.07, 6.45) is 0. The summed E-state index contributed by atoms with van der Waals surface area (Å²) < 4.78 is 22.8. The van der Waals surface area contributed by atoms with E-state index in [4.69, 9.17) is 9.15 Å². The zero-order valence-electron chi connectivity index (χ0n) is 12.8. The molecule has 0 fully saturated rings. The minimum absolute atomic E-state index is 0.0366. The minimum Gasteiger partial charge on any atom is -0.497 e. The maximum atomic E-state index is 12.3. The molecule has 1 atom stereocenters. The lowest BCUT2D eigenvalue weighted by Gasteiger charge is -2.05. The molecule has 22 heavy (non-hydrogen) atoms. The minimum atomic E-state index is -1.24. The SMILES string of the molecule is COc1ccc(S(=O)Cc2ccc(C(=O)NC(C)C)o2)cc1. The summed E-state index contributed by atoms with van der Waals surface area (Å²) in [5.74, 6) is 1.42. The molecule has 5 nitrogen and oxygen atoms in total. The molecule has 1 N–H and O–H groups in total. The van der Waals surface area contributed by atoms with Crippen LogP contribution in [0.25, 0.3) is 0 Å². The Labute approximate surface area is 132 Å². The Morgan fingerprint density at radius 3 is 2.50 bits per heavy atom. The van der Waals surface area contributed by atoms with E-state index in [1.54, 1.807) is 43.5 Å². The van der Waals surface area contributed by atoms with E-state index in [1.807, 2.05) is 13.8 Å². The number of furan rings is 1. The summed E-state index contributed by atoms with van der Waals surface area (Å²) in [6, 6.07) is 10.3. The molecule has 0 aliphatic rings. The number of hydrogen-bond donors (Lipinski definition) is 1. The van der Waals surface area contributed by atoms with Crippen molar-refractivity contribution in [2.75, 3.05) is 7.11 Å². The summed E-state index contributed by atoms with van der Waals surface area (Å²) in [4.78, 5) is 12.5. The fraction of sp³-hybridized carbons (Fsp3) is 0.312. The molecule has 2 aromatic rings. The van der Waals surface area contributed by atoms with E-state index >= 15 is 0 Å². The molecule has 0 saturated heterocycles. The lowest BCUT2D eigenvalue weighted by atomic mass is 10.3. The van der Waals surface area contributed by atoms with Crippen molar-refractivity contribution in [1.29, 1.82) is 0 Å². The van der Waals surface area contributed by atoms with Gasteiger partial charge in [0.15, 0.2) is 5.76 Å². The number of carbonyl (C=O) groups is 1. The summed E-state index contributed by atoms with van der Waals surface area (Å²) in [7, 11) is 0.346. The molecule has 1 unspecified atom stereocenters. The van der Waals surface area contributed by atoms with Crippen LogP contribution in [0.1, 0.15) is 30.2 Å². The third-order valence-corrected chi connectivity index (χ3v) is 4.25. The van der Waals surface area contributed by atoms with Crippen molar-refractivity contribution in [3.05, 3.63) is 47.9 Å². The Morgan fingerprint density at radius 2 is 1.91 bits per heavy atom. The third-order valence-electron chi connectivity index (χ3n) is 2.90. The summed E-state index contributed by atoms with van der Waals surface area (Å²) in [5, 5.41) is 2.75. The van der Waals surface area contributed by atoms with Gasteiger partial charge in [0.25, 0.3) is 5.91 Å². The Hall–Kier alpha value is -2.08. The second kappa shape index (κ2) is 7.26. The molecular formula is C16H19NO4S. The average molecular weight is 321 g/mol. The van der Waals surface area contributed by atoms with Gasteiger partial charge in [-0.1, -0.05) is 0 Å². The lowest BCUT2D eigenvalue weighted by Crippen LogP contribution is -2.29. The number of ether oxygens (including phenoxy) is 1. The smallest absolute Gasteiger partial charge is 0.287 e. The van der Waals surface area contributed by atoms with Crippen LogP contribution < -0.4 is 10.1 Å². The fourth-order valence-electron chi connectivity index (χ4n) is 1.85. The Balaban J connectivity index is 2.02. The highest BCUT2D eigenvalue weighted by atomic mass is 32.2. The van der Waals surface area contributed by atoms with Crippen LogP contribution in [-0.4, -0.2) is 23.3 Å². The van der Waals surface area contributed by atoms with Crippen LogP contribution >= 0.6 is 0 Å². The number of methoxy groups -OCH3 is 1. The van der Waals surface area contributed by atoms with Crippen molar-refractivity contribution in [2.45, 2.75) is 30.5 Å². The first kappa shape index (κ1) is 16.3. The number of benzene rings is 1. The highest BCUT2D eigenvalue weighted by Crippen LogP contribution is 2.18. The van der Waals surface area contributed by atoms with E-state index in [9.17, 15) is 9.00 Å². The summed E-state index contributed by atoms with van der Waals surface area (Å²) in [5.41, 5.74) is 0. The molecule has 1 amide bonds. The number of amides is 1. The van der Waals surface area contributed by atoms with E-state index in [1.165, 1.54) is 0 Å². The Kier molecular flexibility index (Phi) is 5.38. The van der Waals surface area contributed by atoms with Crippen LogP contribution in [0.4, 0.5) is 0 Å². The van der Waals surface area contributed by atoms with Gasteiger partial charge in [0, 0.05) is 10.9 Å². The van der Waals surface area contributed by atoms with Gasteiger partial charge in [0.2, 0.25) is 0 Å². The van der Waals surface area contributed by atoms with Gasteiger partial charge in [0.05, 0.1) is 23.7 Å². The number of rotatable bonds is 6. The first-order valence-electron chi connectivity index (χ1n) is 6.91. The normalized spacial score (nSPS) is 12.2. The highest BCUT2D eigenvalue weighted by molar-refractivity contribution is 7.84. The predicted octanol–water partition coefficient (Wildman–Crippen LogP) is 2.73. The van der Waals surface area contributed by atoms with Crippen LogP contribution in [-0.2, 0) is 16.6 Å². The first-order chi connectivity index (χ1) is 10.5. The van der Waals surface area contributed by atoms with Crippen LogP contribution in [0.5, 0.6) is 5.75 Å². The summed E-state index contributed by atoms with van der Waals surface area (Å²) >= 11 is 0. The Bertz CT molecular complexity index is 661. The van der Waals surface area contributed by atoms with Gasteiger partial charge in [-0.25, -0.2) is 0 Å². The molecule has 2 rings (SSSR count). The van der Waals surface area contributed by atoms with Gasteiger partial charge >= 0.3 is 0 Å². The molecule has 1 heterocycles. The van der Waals surface area contributed by atoms with Gasteiger partial charge in [-0.15, -0.1) is 0 Å². The molecule has 0 aliphatic heterocycles. The standard InChI is InChI=1S/C16H19NO4S/c1-11(2)17-16(18)15-9-6-13(21-15)10-22(19)14-7-4-12(20-3)5-8-14/h4-9,11H,10H2,1-3H3,(H,17,18). The molecule has 118 valence electrons. The number of nitrogens with one attached hydrogen (secondary N) is 1. The predicted molar refractivity (Wildman–Crippen MR) is 84.4 cm³/mol. The van der Waals surface area contributed by atoms with E-state index in [2.05, 4.69) is 5.32 Å². The van der Waals surface area contributed by atoms with Gasteiger partial charge in [-0.2, -0.15) is 0 Å². The first-order valence-corrected chi connectivity index (χ1v) is 8.23. The van der Waals surface area contributed by atoms with Crippen LogP contribution in [0, 0.1) is 0 Å². The van der Waals surface area contributed by atoms with Gasteiger partial charge in [-0.3, -0.25) is 9.00 Å². The van der Waals surface area contributed by atoms with E-state index in [0.29, 0.717) is 16.4 Å². The molecular weight excluding hydrogens is 302 g/mol.